The molecule has 4 aromatic rings. The number of nitrogens with zero attached hydrogens (tertiary/aromatic N) is 3. The first-order valence-electron chi connectivity index (χ1n) is 10.2. The standard InChI is InChI=1S/C23H22FN3O4S2/c1-15(2)26(3)33(29,30)18-11-9-16(10-12-18)22(28)27(14-17-6-5-13-31-17)23-25-21-19(24)7-4-8-20(21)32-23/h4-13,15H,14H2,1-3H3. The molecule has 4 rings (SSSR count). The van der Waals surface area contributed by atoms with E-state index >= 15 is 0 Å². The molecule has 0 saturated heterocycles. The average Bonchev–Trinajstić information content (AvgIpc) is 3.47. The number of thiazole rings is 1. The van der Waals surface area contributed by atoms with Gasteiger partial charge in [0.1, 0.15) is 17.1 Å². The largest absolute Gasteiger partial charge is 0.467 e. The second-order valence-corrected chi connectivity index (χ2v) is 10.7. The molecule has 0 unspecified atom stereocenters. The molecule has 7 nitrogen and oxygen atoms in total. The van der Waals surface area contributed by atoms with Gasteiger partial charge in [0.05, 0.1) is 22.4 Å². The molecular formula is C23H22FN3O4S2. The Balaban J connectivity index is 1.70. The molecule has 0 atom stereocenters. The van der Waals surface area contributed by atoms with Crippen LogP contribution in [0.5, 0.6) is 0 Å². The normalized spacial score (nSPS) is 12.1. The molecule has 0 aliphatic heterocycles. The van der Waals surface area contributed by atoms with E-state index in [1.165, 1.54) is 64.2 Å². The van der Waals surface area contributed by atoms with Crippen molar-refractivity contribution in [3.05, 3.63) is 78.0 Å². The van der Waals surface area contributed by atoms with Gasteiger partial charge in [-0.05, 0) is 62.4 Å². The summed E-state index contributed by atoms with van der Waals surface area (Å²) >= 11 is 1.19. The van der Waals surface area contributed by atoms with Crippen LogP contribution >= 0.6 is 11.3 Å². The van der Waals surface area contributed by atoms with Gasteiger partial charge in [0, 0.05) is 18.7 Å². The van der Waals surface area contributed by atoms with Crippen LogP contribution in [-0.2, 0) is 16.6 Å². The lowest BCUT2D eigenvalue weighted by Crippen LogP contribution is -2.33. The summed E-state index contributed by atoms with van der Waals surface area (Å²) in [6, 6.07) is 13.6. The molecule has 2 aromatic carbocycles. The molecule has 0 N–H and O–H groups in total. The molecule has 0 fully saturated rings. The highest BCUT2D eigenvalue weighted by Crippen LogP contribution is 2.32. The van der Waals surface area contributed by atoms with Gasteiger partial charge in [0.15, 0.2) is 5.13 Å². The second-order valence-electron chi connectivity index (χ2n) is 7.69. The first-order chi connectivity index (χ1) is 15.7. The topological polar surface area (TPSA) is 83.7 Å². The van der Waals surface area contributed by atoms with Crippen LogP contribution in [0, 0.1) is 5.82 Å². The van der Waals surface area contributed by atoms with E-state index in [2.05, 4.69) is 4.98 Å². The maximum absolute atomic E-state index is 14.2. The van der Waals surface area contributed by atoms with Crippen molar-refractivity contribution < 1.29 is 22.0 Å². The molecule has 1 amide bonds. The van der Waals surface area contributed by atoms with Gasteiger partial charge in [0.25, 0.3) is 5.91 Å². The zero-order chi connectivity index (χ0) is 23.8. The van der Waals surface area contributed by atoms with Gasteiger partial charge in [-0.3, -0.25) is 9.69 Å². The lowest BCUT2D eigenvalue weighted by Gasteiger charge is -2.21. The van der Waals surface area contributed by atoms with Crippen molar-refractivity contribution in [1.29, 1.82) is 0 Å². The predicted octanol–water partition coefficient (Wildman–Crippen LogP) is 4.90. The lowest BCUT2D eigenvalue weighted by atomic mass is 10.2. The second kappa shape index (κ2) is 9.05. The first kappa shape index (κ1) is 23.1. The Kier molecular flexibility index (Phi) is 6.33. The molecule has 33 heavy (non-hydrogen) atoms. The van der Waals surface area contributed by atoms with Gasteiger partial charge < -0.3 is 4.42 Å². The van der Waals surface area contributed by atoms with E-state index < -0.39 is 21.7 Å². The lowest BCUT2D eigenvalue weighted by molar-refractivity contribution is 0.0983. The fourth-order valence-electron chi connectivity index (χ4n) is 3.17. The van der Waals surface area contributed by atoms with Crippen molar-refractivity contribution in [2.75, 3.05) is 11.9 Å². The fraction of sp³-hybridized carbons (Fsp3) is 0.217. The van der Waals surface area contributed by atoms with E-state index in [1.807, 2.05) is 0 Å². The number of amides is 1. The van der Waals surface area contributed by atoms with Crippen molar-refractivity contribution in [2.45, 2.75) is 31.3 Å². The first-order valence-corrected chi connectivity index (χ1v) is 12.4. The smallest absolute Gasteiger partial charge is 0.260 e. The summed E-state index contributed by atoms with van der Waals surface area (Å²) in [5.74, 6) is -0.350. The number of furan rings is 1. The van der Waals surface area contributed by atoms with Gasteiger partial charge in [-0.2, -0.15) is 4.31 Å². The van der Waals surface area contributed by atoms with Crippen molar-refractivity contribution >= 4 is 42.6 Å². The van der Waals surface area contributed by atoms with Crippen molar-refractivity contribution in [3.8, 4) is 0 Å². The summed E-state index contributed by atoms with van der Waals surface area (Å²) in [5, 5.41) is 0.313. The third-order valence-corrected chi connectivity index (χ3v) is 8.33. The molecule has 0 aliphatic rings. The minimum Gasteiger partial charge on any atom is -0.467 e. The van der Waals surface area contributed by atoms with Gasteiger partial charge in [-0.25, -0.2) is 17.8 Å². The van der Waals surface area contributed by atoms with E-state index in [-0.39, 0.29) is 28.6 Å². The van der Waals surface area contributed by atoms with Crippen LogP contribution in [0.3, 0.4) is 0 Å². The van der Waals surface area contributed by atoms with Crippen LogP contribution in [0.2, 0.25) is 0 Å². The molecule has 0 aliphatic carbocycles. The summed E-state index contributed by atoms with van der Waals surface area (Å²) in [4.78, 5) is 19.3. The van der Waals surface area contributed by atoms with Crippen LogP contribution in [0.25, 0.3) is 10.2 Å². The molecule has 0 saturated carbocycles. The number of halogens is 1. The Bertz CT molecular complexity index is 1380. The molecular weight excluding hydrogens is 465 g/mol. The number of fused-ring (bicyclic) bond motifs is 1. The Morgan fingerprint density at radius 3 is 2.45 bits per heavy atom. The third-order valence-electron chi connectivity index (χ3n) is 5.23. The third kappa shape index (κ3) is 4.54. The van der Waals surface area contributed by atoms with Gasteiger partial charge in [-0.1, -0.05) is 17.4 Å². The van der Waals surface area contributed by atoms with E-state index in [0.717, 1.165) is 0 Å². The van der Waals surface area contributed by atoms with Gasteiger partial charge in [0.2, 0.25) is 10.0 Å². The molecule has 172 valence electrons. The number of aromatic nitrogens is 1. The number of sulfonamides is 1. The monoisotopic (exact) mass is 487 g/mol. The van der Waals surface area contributed by atoms with E-state index in [9.17, 15) is 17.6 Å². The zero-order valence-electron chi connectivity index (χ0n) is 18.2. The summed E-state index contributed by atoms with van der Waals surface area (Å²) in [6.45, 7) is 3.65. The SMILES string of the molecule is CC(C)N(C)S(=O)(=O)c1ccc(C(=O)N(Cc2ccco2)c2nc3c(F)cccc3s2)cc1. The Morgan fingerprint density at radius 2 is 1.85 bits per heavy atom. The number of carbonyl (C=O) groups excluding carboxylic acids is 1. The molecule has 10 heteroatoms. The zero-order valence-corrected chi connectivity index (χ0v) is 19.9. The van der Waals surface area contributed by atoms with Gasteiger partial charge in [-0.15, -0.1) is 0 Å². The number of anilines is 1. The van der Waals surface area contributed by atoms with Crippen LogP contribution < -0.4 is 4.90 Å². The van der Waals surface area contributed by atoms with Crippen molar-refractivity contribution in [1.82, 2.24) is 9.29 Å². The summed E-state index contributed by atoms with van der Waals surface area (Å²) in [6.07, 6.45) is 1.50. The number of carbonyl (C=O) groups is 1. The Labute approximate surface area is 195 Å². The number of benzene rings is 2. The fourth-order valence-corrected chi connectivity index (χ4v) is 5.52. The minimum absolute atomic E-state index is 0.0867. The van der Waals surface area contributed by atoms with Crippen LogP contribution in [0.15, 0.2) is 70.2 Å². The van der Waals surface area contributed by atoms with Crippen LogP contribution in [0.1, 0.15) is 30.0 Å². The Morgan fingerprint density at radius 1 is 1.12 bits per heavy atom. The molecule has 0 spiro atoms. The molecule has 2 heterocycles. The number of rotatable bonds is 7. The summed E-state index contributed by atoms with van der Waals surface area (Å²) in [7, 11) is -2.16. The Hall–Kier alpha value is -3.08. The maximum atomic E-state index is 14.2. The van der Waals surface area contributed by atoms with Crippen molar-refractivity contribution in [3.63, 3.8) is 0 Å². The number of para-hydroxylation sites is 1. The van der Waals surface area contributed by atoms with Gasteiger partial charge >= 0.3 is 0 Å². The van der Waals surface area contributed by atoms with Crippen LogP contribution in [0.4, 0.5) is 9.52 Å². The summed E-state index contributed by atoms with van der Waals surface area (Å²) < 4.78 is 46.9. The summed E-state index contributed by atoms with van der Waals surface area (Å²) in [5.41, 5.74) is 0.459. The molecule has 0 radical (unpaired) electrons. The minimum atomic E-state index is -3.67. The number of hydrogen-bond acceptors (Lipinski definition) is 6. The maximum Gasteiger partial charge on any atom is 0.260 e. The number of hydrogen-bond donors (Lipinski definition) is 0. The quantitative estimate of drug-likeness (QED) is 0.370. The highest BCUT2D eigenvalue weighted by molar-refractivity contribution is 7.89. The van der Waals surface area contributed by atoms with E-state index in [4.69, 9.17) is 4.42 Å². The average molecular weight is 488 g/mol. The molecule has 2 aromatic heterocycles. The van der Waals surface area contributed by atoms with E-state index in [0.29, 0.717) is 15.6 Å². The molecule has 0 bridgehead atoms. The highest BCUT2D eigenvalue weighted by atomic mass is 32.2. The van der Waals surface area contributed by atoms with E-state index in [1.54, 1.807) is 38.1 Å². The highest BCUT2D eigenvalue weighted by Gasteiger charge is 2.26. The van der Waals surface area contributed by atoms with Crippen molar-refractivity contribution in [2.24, 2.45) is 0 Å². The van der Waals surface area contributed by atoms with Crippen LogP contribution in [-0.4, -0.2) is 36.7 Å². The predicted molar refractivity (Wildman–Crippen MR) is 125 cm³/mol.